The lowest BCUT2D eigenvalue weighted by Gasteiger charge is -2.13. The van der Waals surface area contributed by atoms with Gasteiger partial charge in [-0.05, 0) is 56.8 Å². The molecule has 1 aromatic rings. The quantitative estimate of drug-likeness (QED) is 0.645. The Hall–Kier alpha value is -1.55. The maximum absolute atomic E-state index is 10.6. The van der Waals surface area contributed by atoms with Crippen LogP contribution in [0.4, 0.5) is 0 Å². The number of carbonyl (C=O) groups is 1. The monoisotopic (exact) mass is 278 g/mol. The molecule has 0 aliphatic heterocycles. The molecule has 1 unspecified atom stereocenters. The Morgan fingerprint density at radius 2 is 2.00 bits per heavy atom. The Morgan fingerprint density at radius 1 is 1.30 bits per heavy atom. The molecular weight excluding hydrogens is 252 g/mol. The molecular formula is C16H26N2O2. The molecule has 20 heavy (non-hydrogen) atoms. The summed E-state index contributed by atoms with van der Waals surface area (Å²) in [4.78, 5) is 10.6. The van der Waals surface area contributed by atoms with Gasteiger partial charge in [-0.1, -0.05) is 12.1 Å². The van der Waals surface area contributed by atoms with Crippen molar-refractivity contribution in [3.8, 4) is 5.75 Å². The van der Waals surface area contributed by atoms with E-state index in [1.807, 2.05) is 12.1 Å². The van der Waals surface area contributed by atoms with Crippen LogP contribution in [0.2, 0.25) is 0 Å². The van der Waals surface area contributed by atoms with Crippen molar-refractivity contribution in [1.82, 2.24) is 5.32 Å². The Balaban J connectivity index is 2.12. The van der Waals surface area contributed by atoms with Gasteiger partial charge >= 0.3 is 0 Å². The fourth-order valence-corrected chi connectivity index (χ4v) is 2.05. The molecule has 1 aromatic carbocycles. The van der Waals surface area contributed by atoms with Crippen molar-refractivity contribution >= 4 is 5.91 Å². The molecule has 0 fully saturated rings. The predicted molar refractivity (Wildman–Crippen MR) is 81.8 cm³/mol. The van der Waals surface area contributed by atoms with Crippen LogP contribution in [-0.4, -0.2) is 25.6 Å². The van der Waals surface area contributed by atoms with Gasteiger partial charge in [0.1, 0.15) is 5.75 Å². The van der Waals surface area contributed by atoms with Crippen LogP contribution < -0.4 is 15.8 Å². The highest BCUT2D eigenvalue weighted by Crippen LogP contribution is 2.13. The van der Waals surface area contributed by atoms with Gasteiger partial charge in [0, 0.05) is 12.5 Å². The highest BCUT2D eigenvalue weighted by Gasteiger charge is 2.02. The number of benzene rings is 1. The summed E-state index contributed by atoms with van der Waals surface area (Å²) in [6.45, 7) is 3.13. The fraction of sp³-hybridized carbons (Fsp3) is 0.562. The zero-order chi connectivity index (χ0) is 14.8. The van der Waals surface area contributed by atoms with Crippen LogP contribution in [0.1, 0.15) is 38.2 Å². The highest BCUT2D eigenvalue weighted by atomic mass is 16.5. The van der Waals surface area contributed by atoms with Crippen LogP contribution >= 0.6 is 0 Å². The van der Waals surface area contributed by atoms with Crippen molar-refractivity contribution in [3.05, 3.63) is 29.8 Å². The first kappa shape index (κ1) is 16.5. The Morgan fingerprint density at radius 3 is 2.60 bits per heavy atom. The van der Waals surface area contributed by atoms with Crippen LogP contribution in [0, 0.1) is 0 Å². The summed E-state index contributed by atoms with van der Waals surface area (Å²) in [6, 6.07) is 8.69. The lowest BCUT2D eigenvalue weighted by molar-refractivity contribution is -0.118. The molecule has 0 saturated heterocycles. The van der Waals surface area contributed by atoms with Crippen molar-refractivity contribution < 1.29 is 9.53 Å². The SMILES string of the molecule is COc1ccc(CCC(C)NCCCCC(N)=O)cc1. The van der Waals surface area contributed by atoms with E-state index < -0.39 is 0 Å². The lowest BCUT2D eigenvalue weighted by atomic mass is 10.1. The van der Waals surface area contributed by atoms with Gasteiger partial charge in [0.2, 0.25) is 5.91 Å². The number of amides is 1. The first-order chi connectivity index (χ1) is 9.61. The predicted octanol–water partition coefficient (Wildman–Crippen LogP) is 2.26. The van der Waals surface area contributed by atoms with Gasteiger partial charge in [-0.15, -0.1) is 0 Å². The number of rotatable bonds is 10. The number of hydrogen-bond donors (Lipinski definition) is 2. The number of ether oxygens (including phenoxy) is 1. The van der Waals surface area contributed by atoms with Crippen LogP contribution in [0.3, 0.4) is 0 Å². The third-order valence-corrected chi connectivity index (χ3v) is 3.37. The van der Waals surface area contributed by atoms with Crippen molar-refractivity contribution in [2.45, 2.75) is 45.1 Å². The average Bonchev–Trinajstić information content (AvgIpc) is 2.45. The van der Waals surface area contributed by atoms with Crippen LogP contribution in [0.5, 0.6) is 5.75 Å². The lowest BCUT2D eigenvalue weighted by Crippen LogP contribution is -2.27. The number of carbonyl (C=O) groups excluding carboxylic acids is 1. The summed E-state index contributed by atoms with van der Waals surface area (Å²) in [5.41, 5.74) is 6.43. The molecule has 0 radical (unpaired) electrons. The topological polar surface area (TPSA) is 64.3 Å². The van der Waals surface area contributed by atoms with Gasteiger partial charge in [0.05, 0.1) is 7.11 Å². The molecule has 4 nitrogen and oxygen atoms in total. The minimum atomic E-state index is -0.211. The van der Waals surface area contributed by atoms with E-state index in [0.29, 0.717) is 12.5 Å². The van der Waals surface area contributed by atoms with Crippen molar-refractivity contribution in [2.75, 3.05) is 13.7 Å². The number of unbranched alkanes of at least 4 members (excludes halogenated alkanes) is 1. The van der Waals surface area contributed by atoms with E-state index in [1.165, 1.54) is 5.56 Å². The minimum Gasteiger partial charge on any atom is -0.497 e. The summed E-state index contributed by atoms with van der Waals surface area (Å²) in [5, 5.41) is 3.47. The van der Waals surface area contributed by atoms with Gasteiger partial charge in [-0.25, -0.2) is 0 Å². The molecule has 0 bridgehead atoms. The van der Waals surface area contributed by atoms with E-state index in [1.54, 1.807) is 7.11 Å². The number of hydrogen-bond acceptors (Lipinski definition) is 3. The van der Waals surface area contributed by atoms with E-state index in [9.17, 15) is 4.79 Å². The van der Waals surface area contributed by atoms with Gasteiger partial charge in [0.15, 0.2) is 0 Å². The van der Waals surface area contributed by atoms with Gasteiger partial charge in [-0.2, -0.15) is 0 Å². The fourth-order valence-electron chi connectivity index (χ4n) is 2.05. The summed E-state index contributed by atoms with van der Waals surface area (Å²) < 4.78 is 5.14. The molecule has 4 heteroatoms. The zero-order valence-electron chi connectivity index (χ0n) is 12.5. The van der Waals surface area contributed by atoms with E-state index >= 15 is 0 Å². The summed E-state index contributed by atoms with van der Waals surface area (Å²) >= 11 is 0. The second-order valence-corrected chi connectivity index (χ2v) is 5.17. The molecule has 1 rings (SSSR count). The number of nitrogens with two attached hydrogens (primary N) is 1. The first-order valence-electron chi connectivity index (χ1n) is 7.26. The highest BCUT2D eigenvalue weighted by molar-refractivity contribution is 5.73. The van der Waals surface area contributed by atoms with E-state index in [2.05, 4.69) is 24.4 Å². The van der Waals surface area contributed by atoms with Crippen molar-refractivity contribution in [2.24, 2.45) is 5.73 Å². The largest absolute Gasteiger partial charge is 0.497 e. The molecule has 0 aliphatic rings. The standard InChI is InChI=1S/C16H26N2O2/c1-13(18-12-4-3-5-16(17)19)6-7-14-8-10-15(20-2)11-9-14/h8-11,13,18H,3-7,12H2,1-2H3,(H2,17,19). The Kier molecular flexibility index (Phi) is 7.73. The smallest absolute Gasteiger partial charge is 0.217 e. The molecule has 1 amide bonds. The van der Waals surface area contributed by atoms with Crippen molar-refractivity contribution in [1.29, 1.82) is 0 Å². The third kappa shape index (κ3) is 7.14. The molecule has 0 aromatic heterocycles. The number of aryl methyl sites for hydroxylation is 1. The molecule has 0 spiro atoms. The summed E-state index contributed by atoms with van der Waals surface area (Å²) in [5.74, 6) is 0.687. The molecule has 112 valence electrons. The Labute approximate surface area is 121 Å². The minimum absolute atomic E-state index is 0.211. The van der Waals surface area contributed by atoms with Gasteiger partial charge in [-0.3, -0.25) is 4.79 Å². The van der Waals surface area contributed by atoms with E-state index in [0.717, 1.165) is 38.0 Å². The van der Waals surface area contributed by atoms with Crippen molar-refractivity contribution in [3.63, 3.8) is 0 Å². The molecule has 3 N–H and O–H groups in total. The molecule has 1 atom stereocenters. The van der Waals surface area contributed by atoms with Crippen LogP contribution in [0.15, 0.2) is 24.3 Å². The van der Waals surface area contributed by atoms with E-state index in [-0.39, 0.29) is 5.91 Å². The number of primary amides is 1. The molecule has 0 saturated carbocycles. The first-order valence-corrected chi connectivity index (χ1v) is 7.26. The summed E-state index contributed by atoms with van der Waals surface area (Å²) in [6.07, 6.45) is 4.51. The normalized spacial score (nSPS) is 12.1. The number of methoxy groups -OCH3 is 1. The third-order valence-electron chi connectivity index (χ3n) is 3.37. The van der Waals surface area contributed by atoms with Gasteiger partial charge < -0.3 is 15.8 Å². The maximum Gasteiger partial charge on any atom is 0.217 e. The summed E-state index contributed by atoms with van der Waals surface area (Å²) in [7, 11) is 1.68. The molecule has 0 heterocycles. The van der Waals surface area contributed by atoms with Crippen LogP contribution in [-0.2, 0) is 11.2 Å². The number of nitrogens with one attached hydrogen (secondary N) is 1. The second kappa shape index (κ2) is 9.37. The second-order valence-electron chi connectivity index (χ2n) is 5.17. The zero-order valence-corrected chi connectivity index (χ0v) is 12.5. The molecule has 0 aliphatic carbocycles. The van der Waals surface area contributed by atoms with Crippen LogP contribution in [0.25, 0.3) is 0 Å². The maximum atomic E-state index is 10.6. The average molecular weight is 278 g/mol. The Bertz CT molecular complexity index is 390. The van der Waals surface area contributed by atoms with Gasteiger partial charge in [0.25, 0.3) is 0 Å². The van der Waals surface area contributed by atoms with E-state index in [4.69, 9.17) is 10.5 Å².